The fourth-order valence-electron chi connectivity index (χ4n) is 4.22. The molecule has 1 aromatic carbocycles. The lowest BCUT2D eigenvalue weighted by atomic mass is 10.0. The van der Waals surface area contributed by atoms with Crippen molar-refractivity contribution in [2.24, 2.45) is 5.73 Å². The standard InChI is InChI=1S/C26H26Cl2N4O6S3/c27-15-3-4-17(28)19(10-15)40-13-20(33)30-21-23(34)32-22(26(37)38)14(12-41-24(21)32)11-39-16-5-8-31(9-6-16)7-1-2-18(29)25(35)36/h3-6,8-10,18,21,24H,1-2,7,11-13,29H2,(H2-,30,33,35,36,37,38)/p+1/t18-,21+,24+/m0/s1. The zero-order chi connectivity index (χ0) is 29.7. The Morgan fingerprint density at radius 1 is 1.17 bits per heavy atom. The summed E-state index contributed by atoms with van der Waals surface area (Å²) in [6.07, 6.45) is 4.74. The molecule has 3 atom stereocenters. The van der Waals surface area contributed by atoms with Crippen LogP contribution in [0.1, 0.15) is 12.8 Å². The number of hydrogen-bond acceptors (Lipinski definition) is 8. The van der Waals surface area contributed by atoms with Gasteiger partial charge in [0.2, 0.25) is 5.91 Å². The van der Waals surface area contributed by atoms with Gasteiger partial charge >= 0.3 is 11.9 Å². The number of carbonyl (C=O) groups excluding carboxylic acids is 2. The minimum Gasteiger partial charge on any atom is -0.480 e. The zero-order valence-corrected chi connectivity index (χ0v) is 25.5. The summed E-state index contributed by atoms with van der Waals surface area (Å²) in [5.41, 5.74) is 6.14. The van der Waals surface area contributed by atoms with Crippen LogP contribution >= 0.6 is 58.5 Å². The Morgan fingerprint density at radius 2 is 1.90 bits per heavy atom. The monoisotopic (exact) mass is 657 g/mol. The predicted molar refractivity (Wildman–Crippen MR) is 159 cm³/mol. The maximum Gasteiger partial charge on any atom is 0.352 e. The second-order valence-corrected chi connectivity index (χ2v) is 13.2. The number of aryl methyl sites for hydroxylation is 1. The third-order valence-electron chi connectivity index (χ3n) is 6.34. The number of aromatic nitrogens is 1. The second-order valence-electron chi connectivity index (χ2n) is 9.22. The van der Waals surface area contributed by atoms with Crippen LogP contribution in [0.4, 0.5) is 0 Å². The van der Waals surface area contributed by atoms with Gasteiger partial charge in [0.1, 0.15) is 29.7 Å². The number of carboxylic acids is 2. The smallest absolute Gasteiger partial charge is 0.352 e. The molecule has 1 aromatic heterocycles. The number of fused-ring (bicyclic) bond motifs is 1. The highest BCUT2D eigenvalue weighted by molar-refractivity contribution is 8.01. The van der Waals surface area contributed by atoms with E-state index in [2.05, 4.69) is 5.32 Å². The van der Waals surface area contributed by atoms with Crippen LogP contribution < -0.4 is 15.6 Å². The Hall–Kier alpha value is -2.42. The van der Waals surface area contributed by atoms with Crippen LogP contribution in [0.15, 0.2) is 63.8 Å². The highest BCUT2D eigenvalue weighted by Crippen LogP contribution is 2.41. The van der Waals surface area contributed by atoms with E-state index in [-0.39, 0.29) is 17.4 Å². The Kier molecular flexibility index (Phi) is 10.9. The number of nitrogens with two attached hydrogens (primary N) is 1. The molecule has 0 bridgehead atoms. The molecule has 1 saturated heterocycles. The molecule has 41 heavy (non-hydrogen) atoms. The third kappa shape index (κ3) is 7.90. The van der Waals surface area contributed by atoms with E-state index in [1.165, 1.54) is 40.2 Å². The van der Waals surface area contributed by atoms with Crippen LogP contribution in [0.2, 0.25) is 10.0 Å². The molecule has 0 saturated carbocycles. The molecule has 2 aliphatic heterocycles. The van der Waals surface area contributed by atoms with Gasteiger partial charge in [-0.3, -0.25) is 19.3 Å². The number of aliphatic carboxylic acids is 2. The lowest BCUT2D eigenvalue weighted by Crippen LogP contribution is -2.70. The third-order valence-corrected chi connectivity index (χ3v) is 10.5. The maximum absolute atomic E-state index is 12.9. The van der Waals surface area contributed by atoms with Crippen molar-refractivity contribution in [1.82, 2.24) is 10.2 Å². The summed E-state index contributed by atoms with van der Waals surface area (Å²) in [7, 11) is 0. The van der Waals surface area contributed by atoms with Crippen molar-refractivity contribution in [3.8, 4) is 0 Å². The molecular weight excluding hydrogens is 631 g/mol. The van der Waals surface area contributed by atoms with Gasteiger partial charge in [-0.15, -0.1) is 35.3 Å². The van der Waals surface area contributed by atoms with Gasteiger partial charge < -0.3 is 21.3 Å². The van der Waals surface area contributed by atoms with Crippen LogP contribution in [0, 0.1) is 0 Å². The lowest BCUT2D eigenvalue weighted by molar-refractivity contribution is -0.697. The number of benzene rings is 1. The molecule has 2 aromatic rings. The first-order valence-electron chi connectivity index (χ1n) is 12.4. The van der Waals surface area contributed by atoms with Crippen molar-refractivity contribution in [3.63, 3.8) is 0 Å². The number of halogens is 2. The molecule has 2 aliphatic rings. The number of nitrogens with one attached hydrogen (secondary N) is 1. The molecular formula is C26H27Cl2N4O6S3+. The quantitative estimate of drug-likeness (QED) is 0.144. The van der Waals surface area contributed by atoms with Crippen LogP contribution in [-0.4, -0.2) is 73.6 Å². The van der Waals surface area contributed by atoms with Crippen LogP contribution in [-0.2, 0) is 25.7 Å². The molecule has 218 valence electrons. The molecule has 5 N–H and O–H groups in total. The molecule has 15 heteroatoms. The molecule has 4 rings (SSSR count). The van der Waals surface area contributed by atoms with Gasteiger partial charge in [-0.25, -0.2) is 9.36 Å². The van der Waals surface area contributed by atoms with Crippen molar-refractivity contribution in [3.05, 3.63) is 64.0 Å². The van der Waals surface area contributed by atoms with Gasteiger partial charge in [0.05, 0.1) is 10.8 Å². The number of carbonyl (C=O) groups is 4. The zero-order valence-electron chi connectivity index (χ0n) is 21.5. The van der Waals surface area contributed by atoms with E-state index in [1.54, 1.807) is 18.2 Å². The van der Waals surface area contributed by atoms with E-state index in [0.29, 0.717) is 51.4 Å². The summed E-state index contributed by atoms with van der Waals surface area (Å²) in [6, 6.07) is 7.07. The maximum atomic E-state index is 12.9. The van der Waals surface area contributed by atoms with Crippen molar-refractivity contribution in [1.29, 1.82) is 0 Å². The number of amides is 2. The van der Waals surface area contributed by atoms with Crippen molar-refractivity contribution in [2.45, 2.75) is 46.6 Å². The Balaban J connectivity index is 1.31. The predicted octanol–water partition coefficient (Wildman–Crippen LogP) is 3.10. The molecule has 1 fully saturated rings. The Morgan fingerprint density at radius 3 is 2.59 bits per heavy atom. The van der Waals surface area contributed by atoms with E-state index < -0.39 is 35.3 Å². The average molecular weight is 659 g/mol. The Bertz CT molecular complexity index is 1380. The van der Waals surface area contributed by atoms with Crippen molar-refractivity contribution in [2.75, 3.05) is 17.3 Å². The SMILES string of the molecule is N[C@@H](CCC[n+]1ccc(SCC2=C(C(=O)O)N3C(=O)[C@@H](NC(=O)CSc4cc(Cl)ccc4Cl)[C@H]3SC2)cc1)C(=O)O. The summed E-state index contributed by atoms with van der Waals surface area (Å²) in [4.78, 5) is 51.3. The highest BCUT2D eigenvalue weighted by Gasteiger charge is 2.54. The number of pyridine rings is 1. The van der Waals surface area contributed by atoms with Gasteiger partial charge in [-0.1, -0.05) is 23.2 Å². The van der Waals surface area contributed by atoms with E-state index in [4.69, 9.17) is 34.0 Å². The summed E-state index contributed by atoms with van der Waals surface area (Å²) in [5, 5.41) is 22.0. The summed E-state index contributed by atoms with van der Waals surface area (Å²) >= 11 is 16.2. The number of hydrogen-bond donors (Lipinski definition) is 4. The first-order chi connectivity index (χ1) is 19.5. The normalized spacial score (nSPS) is 18.9. The van der Waals surface area contributed by atoms with Gasteiger partial charge in [0, 0.05) is 44.9 Å². The molecule has 0 unspecified atom stereocenters. The molecule has 3 heterocycles. The van der Waals surface area contributed by atoms with E-state index in [0.717, 1.165) is 4.90 Å². The summed E-state index contributed by atoms with van der Waals surface area (Å²) < 4.78 is 1.93. The van der Waals surface area contributed by atoms with Crippen molar-refractivity contribution >= 4 is 82.2 Å². The number of carboxylic acid groups (broad SMARTS) is 2. The fourth-order valence-corrected chi connectivity index (χ4v) is 7.89. The minimum absolute atomic E-state index is 0.0255. The van der Waals surface area contributed by atoms with Crippen LogP contribution in [0.3, 0.4) is 0 Å². The van der Waals surface area contributed by atoms with Crippen LogP contribution in [0.25, 0.3) is 0 Å². The first-order valence-corrected chi connectivity index (χ1v) is 16.2. The average Bonchev–Trinajstić information content (AvgIpc) is 2.95. The molecule has 0 spiro atoms. The van der Waals surface area contributed by atoms with Gasteiger partial charge in [0.25, 0.3) is 5.91 Å². The lowest BCUT2D eigenvalue weighted by Gasteiger charge is -2.49. The minimum atomic E-state index is -1.18. The molecule has 0 radical (unpaired) electrons. The molecule has 0 aliphatic carbocycles. The second kappa shape index (κ2) is 14.2. The number of nitrogens with zero attached hydrogens (tertiary/aromatic N) is 2. The number of rotatable bonds is 13. The fraction of sp³-hybridized carbons (Fsp3) is 0.346. The van der Waals surface area contributed by atoms with Crippen molar-refractivity contribution < 1.29 is 34.0 Å². The largest absolute Gasteiger partial charge is 0.480 e. The van der Waals surface area contributed by atoms with Crippen LogP contribution in [0.5, 0.6) is 0 Å². The first kappa shape index (κ1) is 31.5. The van der Waals surface area contributed by atoms with E-state index >= 15 is 0 Å². The molecule has 2 amide bonds. The summed E-state index contributed by atoms with van der Waals surface area (Å²) in [6.45, 7) is 0.625. The summed E-state index contributed by atoms with van der Waals surface area (Å²) in [5.74, 6) is -2.19. The van der Waals surface area contributed by atoms with E-state index in [1.807, 2.05) is 29.1 Å². The highest BCUT2D eigenvalue weighted by atomic mass is 35.5. The number of thioether (sulfide) groups is 3. The van der Waals surface area contributed by atoms with Gasteiger partial charge in [-0.2, -0.15) is 0 Å². The van der Waals surface area contributed by atoms with Gasteiger partial charge in [0.15, 0.2) is 12.4 Å². The molecule has 10 nitrogen and oxygen atoms in total. The topological polar surface area (TPSA) is 154 Å². The van der Waals surface area contributed by atoms with Gasteiger partial charge in [-0.05, 0) is 30.2 Å². The number of β-lactam (4-membered cyclic amide) rings is 1. The Labute approximate surface area is 259 Å². The van der Waals surface area contributed by atoms with E-state index in [9.17, 15) is 24.3 Å².